The molecule has 1 saturated heterocycles. The van der Waals surface area contributed by atoms with Gasteiger partial charge in [-0.05, 0) is 63.3 Å². The Morgan fingerprint density at radius 3 is 2.24 bits per heavy atom. The summed E-state index contributed by atoms with van der Waals surface area (Å²) in [4.78, 5) is 13.7. The number of amides is 1. The molecule has 1 aliphatic heterocycles. The minimum atomic E-state index is -4.39. The zero-order valence-corrected chi connectivity index (χ0v) is 14.9. The Kier molecular flexibility index (Phi) is 5.54. The van der Waals surface area contributed by atoms with Gasteiger partial charge in [0.1, 0.15) is 11.4 Å². The fourth-order valence-corrected chi connectivity index (χ4v) is 2.93. The molecule has 7 heteroatoms. The number of carbonyl (C=O) groups excluding carboxylic acids is 1. The maximum absolute atomic E-state index is 13.0. The highest BCUT2D eigenvalue weighted by atomic mass is 19.4. The van der Waals surface area contributed by atoms with E-state index in [2.05, 4.69) is 0 Å². The lowest BCUT2D eigenvalue weighted by Crippen LogP contribution is -2.41. The fraction of sp³-hybridized carbons (Fsp3) is 0.611. The molecule has 0 aromatic heterocycles. The summed E-state index contributed by atoms with van der Waals surface area (Å²) in [5.74, 6) is 0.361. The Morgan fingerprint density at radius 1 is 1.16 bits per heavy atom. The van der Waals surface area contributed by atoms with Gasteiger partial charge in [0, 0.05) is 13.1 Å². The molecule has 4 nitrogen and oxygen atoms in total. The smallest absolute Gasteiger partial charge is 0.416 e. The van der Waals surface area contributed by atoms with Crippen molar-refractivity contribution in [2.45, 2.75) is 51.3 Å². The van der Waals surface area contributed by atoms with Gasteiger partial charge in [-0.3, -0.25) is 0 Å². The van der Waals surface area contributed by atoms with Crippen molar-refractivity contribution in [3.8, 4) is 5.75 Å². The van der Waals surface area contributed by atoms with Crippen LogP contribution >= 0.6 is 0 Å². The van der Waals surface area contributed by atoms with E-state index in [1.165, 1.54) is 13.2 Å². The fourth-order valence-electron chi connectivity index (χ4n) is 2.93. The molecule has 0 atom stereocenters. The average molecular weight is 359 g/mol. The molecule has 0 spiro atoms. The van der Waals surface area contributed by atoms with Crippen molar-refractivity contribution >= 4 is 6.09 Å². The number of hydrogen-bond donors (Lipinski definition) is 0. The molecule has 25 heavy (non-hydrogen) atoms. The molecule has 140 valence electrons. The van der Waals surface area contributed by atoms with E-state index in [0.29, 0.717) is 37.2 Å². The van der Waals surface area contributed by atoms with Crippen molar-refractivity contribution in [1.82, 2.24) is 4.90 Å². The Labute approximate surface area is 145 Å². The van der Waals surface area contributed by atoms with E-state index in [1.54, 1.807) is 25.7 Å². The standard InChI is InChI=1S/C18H24F3NO3/c1-17(2,3)25-16(23)22-9-7-12(8-10-22)14-11-13(18(19,20)21)5-6-15(14)24-4/h5-6,11-12H,7-10H2,1-4H3. The summed E-state index contributed by atoms with van der Waals surface area (Å²) in [7, 11) is 1.45. The van der Waals surface area contributed by atoms with E-state index in [1.807, 2.05) is 0 Å². The van der Waals surface area contributed by atoms with Crippen LogP contribution < -0.4 is 4.74 Å². The van der Waals surface area contributed by atoms with Crippen LogP contribution in [0.5, 0.6) is 5.75 Å². The van der Waals surface area contributed by atoms with E-state index in [9.17, 15) is 18.0 Å². The number of benzene rings is 1. The molecular formula is C18H24F3NO3. The van der Waals surface area contributed by atoms with Crippen LogP contribution in [0.1, 0.15) is 50.7 Å². The largest absolute Gasteiger partial charge is 0.496 e. The third-order valence-corrected chi connectivity index (χ3v) is 4.14. The van der Waals surface area contributed by atoms with Gasteiger partial charge in [-0.1, -0.05) is 0 Å². The van der Waals surface area contributed by atoms with E-state index in [4.69, 9.17) is 9.47 Å². The second-order valence-corrected chi connectivity index (χ2v) is 7.20. The molecule has 0 radical (unpaired) electrons. The Balaban J connectivity index is 2.11. The van der Waals surface area contributed by atoms with Crippen LogP contribution in [0.2, 0.25) is 0 Å². The maximum atomic E-state index is 13.0. The normalized spacial score (nSPS) is 16.7. The number of carbonyl (C=O) groups is 1. The number of nitrogens with zero attached hydrogens (tertiary/aromatic N) is 1. The van der Waals surface area contributed by atoms with Crippen LogP contribution in [0.15, 0.2) is 18.2 Å². The minimum Gasteiger partial charge on any atom is -0.496 e. The first kappa shape index (κ1) is 19.4. The number of hydrogen-bond acceptors (Lipinski definition) is 3. The topological polar surface area (TPSA) is 38.8 Å². The Hall–Kier alpha value is -1.92. The Bertz CT molecular complexity index is 615. The first-order chi connectivity index (χ1) is 11.5. The van der Waals surface area contributed by atoms with E-state index in [0.717, 1.165) is 12.1 Å². The molecule has 0 N–H and O–H groups in total. The number of alkyl halides is 3. The molecule has 0 aliphatic carbocycles. The number of likely N-dealkylation sites (tertiary alicyclic amines) is 1. The number of piperidine rings is 1. The molecule has 1 fully saturated rings. The number of rotatable bonds is 2. The Morgan fingerprint density at radius 2 is 1.76 bits per heavy atom. The summed E-state index contributed by atoms with van der Waals surface area (Å²) in [6, 6.07) is 3.54. The highest BCUT2D eigenvalue weighted by Crippen LogP contribution is 2.39. The van der Waals surface area contributed by atoms with Crippen molar-refractivity contribution in [3.05, 3.63) is 29.3 Å². The lowest BCUT2D eigenvalue weighted by molar-refractivity contribution is -0.137. The third-order valence-electron chi connectivity index (χ3n) is 4.14. The first-order valence-electron chi connectivity index (χ1n) is 8.24. The maximum Gasteiger partial charge on any atom is 0.416 e. The molecule has 1 heterocycles. The van der Waals surface area contributed by atoms with Crippen LogP contribution in [0.3, 0.4) is 0 Å². The molecule has 1 amide bonds. The van der Waals surface area contributed by atoms with Crippen LogP contribution in [-0.2, 0) is 10.9 Å². The van der Waals surface area contributed by atoms with Crippen LogP contribution in [0, 0.1) is 0 Å². The number of methoxy groups -OCH3 is 1. The molecule has 0 saturated carbocycles. The van der Waals surface area contributed by atoms with Crippen LogP contribution in [0.4, 0.5) is 18.0 Å². The van der Waals surface area contributed by atoms with Crippen molar-refractivity contribution < 1.29 is 27.4 Å². The molecule has 1 aromatic rings. The molecule has 1 aromatic carbocycles. The summed E-state index contributed by atoms with van der Waals surface area (Å²) in [6.07, 6.45) is -3.64. The van der Waals surface area contributed by atoms with Gasteiger partial charge in [0.2, 0.25) is 0 Å². The summed E-state index contributed by atoms with van der Waals surface area (Å²) < 4.78 is 49.5. The summed E-state index contributed by atoms with van der Waals surface area (Å²) in [5, 5.41) is 0. The molecule has 0 bridgehead atoms. The zero-order chi connectivity index (χ0) is 18.8. The van der Waals surface area contributed by atoms with E-state index in [-0.39, 0.29) is 12.0 Å². The lowest BCUT2D eigenvalue weighted by atomic mass is 9.88. The van der Waals surface area contributed by atoms with Crippen molar-refractivity contribution in [2.75, 3.05) is 20.2 Å². The van der Waals surface area contributed by atoms with Gasteiger partial charge < -0.3 is 14.4 Å². The van der Waals surface area contributed by atoms with Gasteiger partial charge in [-0.15, -0.1) is 0 Å². The van der Waals surface area contributed by atoms with E-state index >= 15 is 0 Å². The van der Waals surface area contributed by atoms with Gasteiger partial charge in [-0.2, -0.15) is 13.2 Å². The molecule has 1 aliphatic rings. The monoisotopic (exact) mass is 359 g/mol. The van der Waals surface area contributed by atoms with Crippen molar-refractivity contribution in [2.24, 2.45) is 0 Å². The molecule has 2 rings (SSSR count). The van der Waals surface area contributed by atoms with Gasteiger partial charge in [-0.25, -0.2) is 4.79 Å². The number of halogens is 3. The summed E-state index contributed by atoms with van der Waals surface area (Å²) in [5.41, 5.74) is -0.711. The van der Waals surface area contributed by atoms with Crippen molar-refractivity contribution in [3.63, 3.8) is 0 Å². The van der Waals surface area contributed by atoms with Crippen molar-refractivity contribution in [1.29, 1.82) is 0 Å². The second kappa shape index (κ2) is 7.14. The van der Waals surface area contributed by atoms with Crippen LogP contribution in [-0.4, -0.2) is 36.8 Å². The third kappa shape index (κ3) is 5.03. The van der Waals surface area contributed by atoms with E-state index < -0.39 is 17.3 Å². The summed E-state index contributed by atoms with van der Waals surface area (Å²) in [6.45, 7) is 6.28. The lowest BCUT2D eigenvalue weighted by Gasteiger charge is -2.34. The SMILES string of the molecule is COc1ccc(C(F)(F)F)cc1C1CCN(C(=O)OC(C)(C)C)CC1. The van der Waals surface area contributed by atoms with Gasteiger partial charge in [0.15, 0.2) is 0 Å². The van der Waals surface area contributed by atoms with Gasteiger partial charge in [0.25, 0.3) is 0 Å². The number of ether oxygens (including phenoxy) is 2. The first-order valence-corrected chi connectivity index (χ1v) is 8.24. The predicted octanol–water partition coefficient (Wildman–Crippen LogP) is 4.83. The second-order valence-electron chi connectivity index (χ2n) is 7.20. The minimum absolute atomic E-state index is 0.0871. The molecule has 0 unspecified atom stereocenters. The highest BCUT2D eigenvalue weighted by Gasteiger charge is 2.33. The zero-order valence-electron chi connectivity index (χ0n) is 14.9. The average Bonchev–Trinajstić information content (AvgIpc) is 2.52. The molecular weight excluding hydrogens is 335 g/mol. The predicted molar refractivity (Wildman–Crippen MR) is 87.8 cm³/mol. The van der Waals surface area contributed by atoms with Gasteiger partial charge >= 0.3 is 12.3 Å². The van der Waals surface area contributed by atoms with Gasteiger partial charge in [0.05, 0.1) is 12.7 Å². The van der Waals surface area contributed by atoms with Crippen LogP contribution in [0.25, 0.3) is 0 Å². The summed E-state index contributed by atoms with van der Waals surface area (Å²) >= 11 is 0. The highest BCUT2D eigenvalue weighted by molar-refractivity contribution is 5.68. The quantitative estimate of drug-likeness (QED) is 0.759.